The SMILES string of the molecule is Cc1nc2c(Br)cc3c(N[C@H](C)c4cccc(C(F)F)c4F)ncnc3n2n1. The number of nitrogens with zero attached hydrogens (tertiary/aromatic N) is 5. The van der Waals surface area contributed by atoms with E-state index in [9.17, 15) is 13.2 Å². The monoisotopic (exact) mass is 450 g/mol. The van der Waals surface area contributed by atoms with E-state index in [4.69, 9.17) is 0 Å². The zero-order chi connectivity index (χ0) is 20.0. The van der Waals surface area contributed by atoms with Gasteiger partial charge in [0.2, 0.25) is 0 Å². The van der Waals surface area contributed by atoms with Crippen molar-refractivity contribution in [1.82, 2.24) is 24.6 Å². The van der Waals surface area contributed by atoms with Crippen molar-refractivity contribution in [3.05, 3.63) is 57.8 Å². The van der Waals surface area contributed by atoms with E-state index in [2.05, 4.69) is 41.3 Å². The molecule has 0 aliphatic heterocycles. The molecular weight excluding hydrogens is 437 g/mol. The summed E-state index contributed by atoms with van der Waals surface area (Å²) >= 11 is 3.46. The highest BCUT2D eigenvalue weighted by Gasteiger charge is 2.21. The summed E-state index contributed by atoms with van der Waals surface area (Å²) in [6.07, 6.45) is -1.53. The van der Waals surface area contributed by atoms with Crippen LogP contribution < -0.4 is 5.32 Å². The summed E-state index contributed by atoms with van der Waals surface area (Å²) in [5.41, 5.74) is 0.631. The van der Waals surface area contributed by atoms with E-state index in [0.29, 0.717) is 32.8 Å². The Morgan fingerprint density at radius 2 is 1.89 bits per heavy atom. The van der Waals surface area contributed by atoms with Crippen LogP contribution in [0.4, 0.5) is 19.0 Å². The molecule has 144 valence electrons. The molecular formula is C18H14BrF3N6. The third-order valence-electron chi connectivity index (χ3n) is 4.37. The first-order chi connectivity index (χ1) is 13.4. The van der Waals surface area contributed by atoms with Crippen molar-refractivity contribution in [2.45, 2.75) is 26.3 Å². The highest BCUT2D eigenvalue weighted by atomic mass is 79.9. The fourth-order valence-electron chi connectivity index (χ4n) is 3.07. The third-order valence-corrected chi connectivity index (χ3v) is 4.96. The van der Waals surface area contributed by atoms with Gasteiger partial charge in [-0.15, -0.1) is 5.10 Å². The Kier molecular flexibility index (Phi) is 4.66. The number of benzene rings is 1. The van der Waals surface area contributed by atoms with Crippen LogP contribution in [0.25, 0.3) is 16.7 Å². The maximum absolute atomic E-state index is 14.5. The average molecular weight is 451 g/mol. The van der Waals surface area contributed by atoms with E-state index < -0.39 is 23.8 Å². The first-order valence-electron chi connectivity index (χ1n) is 8.36. The van der Waals surface area contributed by atoms with Gasteiger partial charge in [0.25, 0.3) is 6.43 Å². The number of alkyl halides is 2. The van der Waals surface area contributed by atoms with Gasteiger partial charge in [0.05, 0.1) is 21.5 Å². The lowest BCUT2D eigenvalue weighted by molar-refractivity contribution is 0.146. The summed E-state index contributed by atoms with van der Waals surface area (Å²) in [5, 5.41) is 8.06. The van der Waals surface area contributed by atoms with E-state index in [-0.39, 0.29) is 5.56 Å². The molecule has 0 bridgehead atoms. The molecule has 0 saturated heterocycles. The van der Waals surface area contributed by atoms with Gasteiger partial charge in [0.1, 0.15) is 23.8 Å². The Bertz CT molecular complexity index is 1190. The Balaban J connectivity index is 1.79. The van der Waals surface area contributed by atoms with E-state index >= 15 is 0 Å². The summed E-state index contributed by atoms with van der Waals surface area (Å²) < 4.78 is 42.8. The minimum Gasteiger partial charge on any atom is -0.363 e. The molecule has 0 unspecified atom stereocenters. The zero-order valence-corrected chi connectivity index (χ0v) is 16.4. The predicted molar refractivity (Wildman–Crippen MR) is 102 cm³/mol. The smallest absolute Gasteiger partial charge is 0.266 e. The summed E-state index contributed by atoms with van der Waals surface area (Å²) in [5.74, 6) is 0.0852. The summed E-state index contributed by atoms with van der Waals surface area (Å²) in [4.78, 5) is 12.9. The van der Waals surface area contributed by atoms with Crippen LogP contribution in [0.3, 0.4) is 0 Å². The molecule has 0 saturated carbocycles. The lowest BCUT2D eigenvalue weighted by Gasteiger charge is -2.18. The van der Waals surface area contributed by atoms with Crippen molar-refractivity contribution in [2.75, 3.05) is 5.32 Å². The van der Waals surface area contributed by atoms with Crippen LogP contribution in [0.15, 0.2) is 35.1 Å². The number of aromatic nitrogens is 5. The predicted octanol–water partition coefficient (Wildman–Crippen LogP) is 4.99. The average Bonchev–Trinajstić information content (AvgIpc) is 3.05. The number of anilines is 1. The maximum atomic E-state index is 14.5. The normalized spacial score (nSPS) is 12.8. The number of hydrogen-bond acceptors (Lipinski definition) is 5. The molecule has 28 heavy (non-hydrogen) atoms. The molecule has 1 aromatic carbocycles. The molecule has 6 nitrogen and oxygen atoms in total. The van der Waals surface area contributed by atoms with Crippen molar-refractivity contribution in [3.63, 3.8) is 0 Å². The Morgan fingerprint density at radius 3 is 2.64 bits per heavy atom. The Morgan fingerprint density at radius 1 is 1.14 bits per heavy atom. The minimum absolute atomic E-state index is 0.126. The van der Waals surface area contributed by atoms with Crippen LogP contribution in [-0.2, 0) is 0 Å². The van der Waals surface area contributed by atoms with Gasteiger partial charge in [-0.3, -0.25) is 0 Å². The molecule has 10 heteroatoms. The summed E-state index contributed by atoms with van der Waals surface area (Å²) in [6.45, 7) is 3.45. The van der Waals surface area contributed by atoms with Gasteiger partial charge in [-0.1, -0.05) is 18.2 Å². The summed E-state index contributed by atoms with van der Waals surface area (Å²) in [7, 11) is 0. The van der Waals surface area contributed by atoms with Gasteiger partial charge in [0, 0.05) is 5.56 Å². The largest absolute Gasteiger partial charge is 0.363 e. The van der Waals surface area contributed by atoms with E-state index in [1.165, 1.54) is 18.5 Å². The zero-order valence-electron chi connectivity index (χ0n) is 14.8. The van der Waals surface area contributed by atoms with E-state index in [1.807, 2.05) is 0 Å². The molecule has 4 aromatic rings. The Labute approximate surface area is 166 Å². The molecule has 0 spiro atoms. The van der Waals surface area contributed by atoms with Gasteiger partial charge in [-0.05, 0) is 35.8 Å². The number of halogens is 4. The van der Waals surface area contributed by atoms with Gasteiger partial charge in [0.15, 0.2) is 11.3 Å². The molecule has 4 rings (SSSR count). The molecule has 1 atom stereocenters. The number of aryl methyl sites for hydroxylation is 1. The molecule has 0 radical (unpaired) electrons. The van der Waals surface area contributed by atoms with Crippen molar-refractivity contribution in [1.29, 1.82) is 0 Å². The number of nitrogens with one attached hydrogen (secondary N) is 1. The van der Waals surface area contributed by atoms with E-state index in [1.54, 1.807) is 24.4 Å². The first-order valence-corrected chi connectivity index (χ1v) is 9.15. The number of fused-ring (bicyclic) bond motifs is 3. The van der Waals surface area contributed by atoms with Gasteiger partial charge in [-0.25, -0.2) is 28.1 Å². The third kappa shape index (κ3) is 3.07. The maximum Gasteiger partial charge on any atom is 0.266 e. The molecule has 0 amide bonds. The second-order valence-corrected chi connectivity index (χ2v) is 7.12. The van der Waals surface area contributed by atoms with Crippen molar-refractivity contribution >= 4 is 38.4 Å². The highest BCUT2D eigenvalue weighted by molar-refractivity contribution is 9.10. The van der Waals surface area contributed by atoms with E-state index in [0.717, 1.165) is 6.07 Å². The van der Waals surface area contributed by atoms with Crippen molar-refractivity contribution in [2.24, 2.45) is 0 Å². The fraction of sp³-hybridized carbons (Fsp3) is 0.222. The topological polar surface area (TPSA) is 68.0 Å². The minimum atomic E-state index is -2.88. The van der Waals surface area contributed by atoms with Crippen molar-refractivity contribution in [3.8, 4) is 0 Å². The second kappa shape index (κ2) is 7.01. The molecule has 1 N–H and O–H groups in total. The molecule has 3 aromatic heterocycles. The number of hydrogen-bond donors (Lipinski definition) is 1. The van der Waals surface area contributed by atoms with Gasteiger partial charge in [-0.2, -0.15) is 4.52 Å². The quantitative estimate of drug-likeness (QED) is 0.474. The molecule has 3 heterocycles. The number of pyridine rings is 1. The molecule has 0 aliphatic carbocycles. The van der Waals surface area contributed by atoms with Crippen LogP contribution in [0, 0.1) is 12.7 Å². The molecule has 0 fully saturated rings. The van der Waals surface area contributed by atoms with Crippen LogP contribution in [0.1, 0.15) is 36.3 Å². The Hall–Kier alpha value is -2.75. The fourth-order valence-corrected chi connectivity index (χ4v) is 3.55. The highest BCUT2D eigenvalue weighted by Crippen LogP contribution is 2.31. The van der Waals surface area contributed by atoms with Crippen LogP contribution in [0.2, 0.25) is 0 Å². The van der Waals surface area contributed by atoms with Crippen molar-refractivity contribution < 1.29 is 13.2 Å². The first kappa shape index (κ1) is 18.6. The number of rotatable bonds is 4. The molecule has 0 aliphatic rings. The summed E-state index contributed by atoms with van der Waals surface area (Å²) in [6, 6.07) is 5.14. The van der Waals surface area contributed by atoms with Crippen LogP contribution in [0.5, 0.6) is 0 Å². The lowest BCUT2D eigenvalue weighted by atomic mass is 10.0. The van der Waals surface area contributed by atoms with Gasteiger partial charge >= 0.3 is 0 Å². The van der Waals surface area contributed by atoms with Crippen LogP contribution in [-0.4, -0.2) is 24.6 Å². The second-order valence-electron chi connectivity index (χ2n) is 6.26. The van der Waals surface area contributed by atoms with Gasteiger partial charge < -0.3 is 5.32 Å². The lowest BCUT2D eigenvalue weighted by Crippen LogP contribution is -2.12. The van der Waals surface area contributed by atoms with Crippen LogP contribution >= 0.6 is 15.9 Å². The standard InChI is InChI=1S/C18H14BrF3N6/c1-8(10-4-3-5-11(14(10)20)15(21)22)25-16-12-6-13(19)18-26-9(2)27-28(18)17(12)24-7-23-16/h3-8,15H,1-2H3,(H,23,24,25)/t8-/m1/s1.